The van der Waals surface area contributed by atoms with Gasteiger partial charge in [-0.3, -0.25) is 10.1 Å². The number of nitrogens with one attached hydrogen (secondary N) is 1. The molecule has 0 bridgehead atoms. The maximum Gasteiger partial charge on any atom is 0.337 e. The number of carbonyl (C=O) groups is 2. The first-order valence-corrected chi connectivity index (χ1v) is 6.56. The highest BCUT2D eigenvalue weighted by Gasteiger charge is 2.48. The van der Waals surface area contributed by atoms with Crippen LogP contribution in [0.5, 0.6) is 0 Å². The first-order valence-electron chi connectivity index (χ1n) is 5.58. The van der Waals surface area contributed by atoms with E-state index in [2.05, 4.69) is 5.32 Å². The van der Waals surface area contributed by atoms with E-state index in [9.17, 15) is 9.59 Å². The van der Waals surface area contributed by atoms with E-state index in [0.29, 0.717) is 12.2 Å². The quantitative estimate of drug-likeness (QED) is 0.744. The third-order valence-corrected chi connectivity index (χ3v) is 3.99. The van der Waals surface area contributed by atoms with Gasteiger partial charge in [-0.15, -0.1) is 11.8 Å². The highest BCUT2D eigenvalue weighted by Crippen LogP contribution is 2.35. The van der Waals surface area contributed by atoms with Crippen LogP contribution < -0.4 is 5.32 Å². The lowest BCUT2D eigenvalue weighted by Crippen LogP contribution is -2.52. The molecule has 0 aromatic heterocycles. The molecular formula is C11H19NO4S. The first kappa shape index (κ1) is 14.3. The standard InChI is InChI=1S/C11H19NO4S/c1-5-11(9(15)16-10(2,3)4)12-7(6-17-11)8(13)14/h7,12H,5-6H2,1-4H3,(H,13,14). The van der Waals surface area contributed by atoms with Crippen LogP contribution in [0.3, 0.4) is 0 Å². The van der Waals surface area contributed by atoms with Crippen LogP contribution in [0, 0.1) is 0 Å². The largest absolute Gasteiger partial charge is 0.480 e. The van der Waals surface area contributed by atoms with Gasteiger partial charge in [0.1, 0.15) is 11.6 Å². The Labute approximate surface area is 105 Å². The van der Waals surface area contributed by atoms with Crippen molar-refractivity contribution >= 4 is 23.7 Å². The van der Waals surface area contributed by atoms with Gasteiger partial charge in [-0.2, -0.15) is 0 Å². The molecule has 0 radical (unpaired) electrons. The van der Waals surface area contributed by atoms with Crippen LogP contribution in [0.25, 0.3) is 0 Å². The molecule has 2 unspecified atom stereocenters. The first-order chi connectivity index (χ1) is 7.70. The van der Waals surface area contributed by atoms with Crippen LogP contribution in [0.2, 0.25) is 0 Å². The average molecular weight is 261 g/mol. The number of ether oxygens (including phenoxy) is 1. The van der Waals surface area contributed by atoms with Crippen molar-refractivity contribution in [1.29, 1.82) is 0 Å². The fourth-order valence-electron chi connectivity index (χ4n) is 1.55. The van der Waals surface area contributed by atoms with Crippen LogP contribution in [0.1, 0.15) is 34.1 Å². The summed E-state index contributed by atoms with van der Waals surface area (Å²) in [5.74, 6) is -0.944. The molecule has 0 saturated carbocycles. The van der Waals surface area contributed by atoms with Crippen molar-refractivity contribution in [2.75, 3.05) is 5.75 Å². The maximum absolute atomic E-state index is 12.1. The lowest BCUT2D eigenvalue weighted by Gasteiger charge is -2.30. The van der Waals surface area contributed by atoms with Crippen molar-refractivity contribution in [1.82, 2.24) is 5.32 Å². The van der Waals surface area contributed by atoms with E-state index < -0.39 is 22.5 Å². The van der Waals surface area contributed by atoms with Crippen molar-refractivity contribution in [2.24, 2.45) is 0 Å². The number of thioether (sulfide) groups is 1. The lowest BCUT2D eigenvalue weighted by atomic mass is 10.1. The van der Waals surface area contributed by atoms with Crippen molar-refractivity contribution in [3.8, 4) is 0 Å². The molecule has 2 atom stereocenters. The van der Waals surface area contributed by atoms with E-state index in [0.717, 1.165) is 0 Å². The normalized spacial score (nSPS) is 29.1. The van der Waals surface area contributed by atoms with Crippen molar-refractivity contribution in [3.05, 3.63) is 0 Å². The average Bonchev–Trinajstić information content (AvgIpc) is 2.60. The number of esters is 1. The van der Waals surface area contributed by atoms with E-state index in [1.165, 1.54) is 11.8 Å². The van der Waals surface area contributed by atoms with Crippen molar-refractivity contribution < 1.29 is 19.4 Å². The third kappa shape index (κ3) is 3.35. The van der Waals surface area contributed by atoms with Gasteiger partial charge in [-0.05, 0) is 27.2 Å². The molecular weight excluding hydrogens is 242 g/mol. The summed E-state index contributed by atoms with van der Waals surface area (Å²) < 4.78 is 5.33. The lowest BCUT2D eigenvalue weighted by molar-refractivity contribution is -0.159. The van der Waals surface area contributed by atoms with Gasteiger partial charge in [0.05, 0.1) is 0 Å². The summed E-state index contributed by atoms with van der Waals surface area (Å²) in [5.41, 5.74) is -0.567. The van der Waals surface area contributed by atoms with Gasteiger partial charge in [0.25, 0.3) is 0 Å². The molecule has 5 nitrogen and oxygen atoms in total. The monoisotopic (exact) mass is 261 g/mol. The summed E-state index contributed by atoms with van der Waals surface area (Å²) >= 11 is 1.31. The molecule has 1 saturated heterocycles. The van der Waals surface area contributed by atoms with Crippen LogP contribution in [0.15, 0.2) is 0 Å². The zero-order valence-electron chi connectivity index (χ0n) is 10.6. The summed E-state index contributed by atoms with van der Waals surface area (Å²) in [6.07, 6.45) is 0.496. The van der Waals surface area contributed by atoms with Crippen molar-refractivity contribution in [2.45, 2.75) is 50.6 Å². The van der Waals surface area contributed by atoms with Gasteiger partial charge in [0.15, 0.2) is 4.87 Å². The topological polar surface area (TPSA) is 75.6 Å². The van der Waals surface area contributed by atoms with Gasteiger partial charge >= 0.3 is 11.9 Å². The Morgan fingerprint density at radius 2 is 2.12 bits per heavy atom. The minimum atomic E-state index is -0.934. The van der Waals surface area contributed by atoms with Crippen LogP contribution in [-0.2, 0) is 14.3 Å². The van der Waals surface area contributed by atoms with E-state index >= 15 is 0 Å². The highest BCUT2D eigenvalue weighted by molar-refractivity contribution is 8.01. The van der Waals surface area contributed by atoms with E-state index in [1.54, 1.807) is 20.8 Å². The third-order valence-electron chi connectivity index (χ3n) is 2.43. The molecule has 0 aliphatic carbocycles. The Balaban J connectivity index is 2.78. The molecule has 2 N–H and O–H groups in total. The Hall–Kier alpha value is -0.750. The van der Waals surface area contributed by atoms with E-state index in [4.69, 9.17) is 9.84 Å². The Bertz CT molecular complexity index is 326. The molecule has 0 aromatic rings. The molecule has 1 fully saturated rings. The number of hydrogen-bond donors (Lipinski definition) is 2. The number of aliphatic carboxylic acids is 1. The molecule has 6 heteroatoms. The van der Waals surface area contributed by atoms with Crippen LogP contribution in [-0.4, -0.2) is 39.3 Å². The Kier molecular flexibility index (Phi) is 4.09. The number of hydrogen-bond acceptors (Lipinski definition) is 5. The smallest absolute Gasteiger partial charge is 0.337 e. The summed E-state index contributed by atoms with van der Waals surface area (Å²) in [6, 6.07) is -0.688. The predicted molar refractivity (Wildman–Crippen MR) is 65.9 cm³/mol. The van der Waals surface area contributed by atoms with E-state index in [-0.39, 0.29) is 5.97 Å². The molecule has 0 amide bonds. The Morgan fingerprint density at radius 1 is 1.53 bits per heavy atom. The van der Waals surface area contributed by atoms with Crippen LogP contribution >= 0.6 is 11.8 Å². The number of carbonyl (C=O) groups excluding carboxylic acids is 1. The minimum Gasteiger partial charge on any atom is -0.480 e. The number of carboxylic acids is 1. The highest BCUT2D eigenvalue weighted by atomic mass is 32.2. The fraction of sp³-hybridized carbons (Fsp3) is 0.818. The number of rotatable bonds is 3. The zero-order chi connectivity index (χ0) is 13.3. The molecule has 1 rings (SSSR count). The van der Waals surface area contributed by atoms with Gasteiger partial charge in [-0.25, -0.2) is 4.79 Å². The molecule has 1 aliphatic heterocycles. The maximum atomic E-state index is 12.1. The second-order valence-electron chi connectivity index (χ2n) is 5.03. The SMILES string of the molecule is CCC1(C(=O)OC(C)(C)C)NC(C(=O)O)CS1. The Morgan fingerprint density at radius 3 is 2.47 bits per heavy atom. The summed E-state index contributed by atoms with van der Waals surface area (Å²) in [7, 11) is 0. The molecule has 1 aliphatic rings. The molecule has 98 valence electrons. The molecule has 0 spiro atoms. The minimum absolute atomic E-state index is 0.377. The predicted octanol–water partition coefficient (Wildman–Crippen LogP) is 1.22. The van der Waals surface area contributed by atoms with Crippen LogP contribution in [0.4, 0.5) is 0 Å². The van der Waals surface area contributed by atoms with Crippen molar-refractivity contribution in [3.63, 3.8) is 0 Å². The number of carboxylic acid groups (broad SMARTS) is 1. The summed E-state index contributed by atoms with van der Waals surface area (Å²) in [6.45, 7) is 7.22. The summed E-state index contributed by atoms with van der Waals surface area (Å²) in [4.78, 5) is 22.0. The molecule has 17 heavy (non-hydrogen) atoms. The molecule has 0 aromatic carbocycles. The zero-order valence-corrected chi connectivity index (χ0v) is 11.4. The van der Waals surface area contributed by atoms with Gasteiger partial charge in [-0.1, -0.05) is 6.92 Å². The summed E-state index contributed by atoms with van der Waals surface area (Å²) in [5, 5.41) is 11.8. The van der Waals surface area contributed by atoms with Gasteiger partial charge in [0.2, 0.25) is 0 Å². The second-order valence-corrected chi connectivity index (χ2v) is 6.35. The van der Waals surface area contributed by atoms with Gasteiger partial charge in [0, 0.05) is 5.75 Å². The fourth-order valence-corrected chi connectivity index (χ4v) is 2.82. The molecule has 1 heterocycles. The van der Waals surface area contributed by atoms with E-state index in [1.807, 2.05) is 6.92 Å². The second kappa shape index (κ2) is 4.86. The van der Waals surface area contributed by atoms with Gasteiger partial charge < -0.3 is 9.84 Å².